The maximum Gasteiger partial charge on any atom is 0.280 e. The highest BCUT2D eigenvalue weighted by Crippen LogP contribution is 2.22. The number of rotatable bonds is 8. The number of benzene rings is 2. The van der Waals surface area contributed by atoms with Gasteiger partial charge >= 0.3 is 0 Å². The van der Waals surface area contributed by atoms with Gasteiger partial charge in [-0.05, 0) is 36.4 Å². The number of nitrogens with zero attached hydrogens (tertiary/aromatic N) is 2. The lowest BCUT2D eigenvalue weighted by Gasteiger charge is -2.03. The van der Waals surface area contributed by atoms with Crippen LogP contribution in [0.15, 0.2) is 46.7 Å². The fraction of sp³-hybridized carbons (Fsp3) is 0.176. The first kappa shape index (κ1) is 17.9. The summed E-state index contributed by atoms with van der Waals surface area (Å²) in [6.07, 6.45) is 2.64. The van der Waals surface area contributed by atoms with Crippen molar-refractivity contribution in [2.75, 3.05) is 21.0 Å². The summed E-state index contributed by atoms with van der Waals surface area (Å²) in [5.41, 5.74) is 0.869. The molecule has 0 atom stereocenters. The van der Waals surface area contributed by atoms with Crippen molar-refractivity contribution in [2.45, 2.75) is 0 Å². The van der Waals surface area contributed by atoms with Crippen LogP contribution < -0.4 is 9.47 Å². The van der Waals surface area contributed by atoms with E-state index in [9.17, 15) is 10.2 Å². The summed E-state index contributed by atoms with van der Waals surface area (Å²) in [6.45, 7) is -0.248. The first-order valence-electron chi connectivity index (χ1n) is 7.18. The Labute approximate surface area is 144 Å². The highest BCUT2D eigenvalue weighted by molar-refractivity contribution is 5.84. The number of ether oxygens (including phenoxy) is 2. The van der Waals surface area contributed by atoms with Gasteiger partial charge in [0.2, 0.25) is 0 Å². The molecule has 0 aliphatic heterocycles. The molecular formula is C17H18N2O6. The van der Waals surface area contributed by atoms with Gasteiger partial charge in [-0.25, -0.2) is 0 Å². The van der Waals surface area contributed by atoms with E-state index < -0.39 is 0 Å². The van der Waals surface area contributed by atoms with Crippen LogP contribution in [0.2, 0.25) is 0 Å². The van der Waals surface area contributed by atoms with E-state index in [1.54, 1.807) is 24.3 Å². The summed E-state index contributed by atoms with van der Waals surface area (Å²) in [5, 5.41) is 26.7. The van der Waals surface area contributed by atoms with Crippen LogP contribution in [0.3, 0.4) is 0 Å². The highest BCUT2D eigenvalue weighted by Gasteiger charge is 2.01. The SMILES string of the molecule is COc1ccc(O)c(/C=N/OCO/N=C/c2cc(OC)ccc2O)c1. The fourth-order valence-corrected chi connectivity index (χ4v) is 1.80. The van der Waals surface area contributed by atoms with Crippen LogP contribution in [0.25, 0.3) is 0 Å². The lowest BCUT2D eigenvalue weighted by Crippen LogP contribution is -1.93. The number of oxime groups is 2. The van der Waals surface area contributed by atoms with Gasteiger partial charge in [0, 0.05) is 11.1 Å². The molecule has 2 aromatic carbocycles. The Kier molecular flexibility index (Phi) is 6.47. The molecule has 0 heterocycles. The minimum atomic E-state index is -0.248. The van der Waals surface area contributed by atoms with Gasteiger partial charge in [-0.1, -0.05) is 10.3 Å². The van der Waals surface area contributed by atoms with Gasteiger partial charge in [0.1, 0.15) is 23.0 Å². The minimum Gasteiger partial charge on any atom is -0.507 e. The van der Waals surface area contributed by atoms with Gasteiger partial charge in [0.15, 0.2) is 0 Å². The number of hydrogen-bond donors (Lipinski definition) is 2. The van der Waals surface area contributed by atoms with Crippen molar-refractivity contribution in [3.05, 3.63) is 47.5 Å². The van der Waals surface area contributed by atoms with Gasteiger partial charge in [0.05, 0.1) is 26.6 Å². The van der Waals surface area contributed by atoms with Gasteiger partial charge in [-0.3, -0.25) is 0 Å². The van der Waals surface area contributed by atoms with Crippen LogP contribution in [0.5, 0.6) is 23.0 Å². The Balaban J connectivity index is 1.82. The third-order valence-corrected chi connectivity index (χ3v) is 3.11. The van der Waals surface area contributed by atoms with Crippen LogP contribution in [-0.4, -0.2) is 43.7 Å². The van der Waals surface area contributed by atoms with Crippen LogP contribution in [0.4, 0.5) is 0 Å². The molecule has 0 unspecified atom stereocenters. The average molecular weight is 346 g/mol. The van der Waals surface area contributed by atoms with Gasteiger partial charge in [0.25, 0.3) is 6.79 Å². The quantitative estimate of drug-likeness (QED) is 0.329. The van der Waals surface area contributed by atoms with Crippen molar-refractivity contribution >= 4 is 12.4 Å². The molecule has 0 aliphatic carbocycles. The lowest BCUT2D eigenvalue weighted by atomic mass is 10.2. The predicted molar refractivity (Wildman–Crippen MR) is 91.5 cm³/mol. The summed E-state index contributed by atoms with van der Waals surface area (Å²) in [7, 11) is 3.05. The van der Waals surface area contributed by atoms with Crippen molar-refractivity contribution in [3.8, 4) is 23.0 Å². The number of phenolic OH excluding ortho intramolecular Hbond substituents is 2. The van der Waals surface area contributed by atoms with E-state index in [1.807, 2.05) is 0 Å². The van der Waals surface area contributed by atoms with Gasteiger partial charge < -0.3 is 29.4 Å². The molecule has 0 aromatic heterocycles. The summed E-state index contributed by atoms with van der Waals surface area (Å²) < 4.78 is 10.1. The number of phenols is 2. The predicted octanol–water partition coefficient (Wildman–Crippen LogP) is 2.47. The monoisotopic (exact) mass is 346 g/mol. The Morgan fingerprint density at radius 1 is 0.800 bits per heavy atom. The maximum absolute atomic E-state index is 9.67. The van der Waals surface area contributed by atoms with Crippen molar-refractivity contribution in [3.63, 3.8) is 0 Å². The van der Waals surface area contributed by atoms with E-state index in [0.29, 0.717) is 22.6 Å². The second-order valence-electron chi connectivity index (χ2n) is 4.69. The van der Waals surface area contributed by atoms with Gasteiger partial charge in [-0.2, -0.15) is 0 Å². The van der Waals surface area contributed by atoms with E-state index in [1.165, 1.54) is 38.8 Å². The van der Waals surface area contributed by atoms with Crippen molar-refractivity contribution in [1.29, 1.82) is 0 Å². The number of methoxy groups -OCH3 is 2. The third-order valence-electron chi connectivity index (χ3n) is 3.11. The molecule has 0 fully saturated rings. The van der Waals surface area contributed by atoms with Crippen molar-refractivity contribution < 1.29 is 29.4 Å². The van der Waals surface area contributed by atoms with Crippen molar-refractivity contribution in [2.24, 2.45) is 10.3 Å². The third kappa shape index (κ3) is 5.31. The van der Waals surface area contributed by atoms with Crippen LogP contribution in [0, 0.1) is 0 Å². The second-order valence-corrected chi connectivity index (χ2v) is 4.69. The fourth-order valence-electron chi connectivity index (χ4n) is 1.80. The zero-order valence-corrected chi connectivity index (χ0v) is 13.7. The Bertz CT molecular complexity index is 697. The van der Waals surface area contributed by atoms with E-state index in [4.69, 9.17) is 19.1 Å². The standard InChI is InChI=1S/C17H18N2O6/c1-22-14-3-5-16(20)12(7-14)9-18-24-11-25-19-10-13-8-15(23-2)4-6-17(13)21/h3-10,20-21H,11H2,1-2H3/b18-9+,19-10+. The molecule has 0 bridgehead atoms. The molecule has 2 N–H and O–H groups in total. The second kappa shape index (κ2) is 9.02. The molecule has 0 radical (unpaired) electrons. The average Bonchev–Trinajstić information content (AvgIpc) is 2.63. The van der Waals surface area contributed by atoms with Crippen LogP contribution in [0.1, 0.15) is 11.1 Å². The van der Waals surface area contributed by atoms with Gasteiger partial charge in [-0.15, -0.1) is 0 Å². The summed E-state index contributed by atoms with van der Waals surface area (Å²) >= 11 is 0. The molecule has 0 amide bonds. The molecule has 0 spiro atoms. The van der Waals surface area contributed by atoms with E-state index >= 15 is 0 Å². The Morgan fingerprint density at radius 3 is 1.64 bits per heavy atom. The van der Waals surface area contributed by atoms with E-state index in [0.717, 1.165) is 0 Å². The topological polar surface area (TPSA) is 102 Å². The zero-order valence-electron chi connectivity index (χ0n) is 13.7. The first-order chi connectivity index (χ1) is 12.1. The molecule has 2 aromatic rings. The molecule has 0 saturated heterocycles. The normalized spacial score (nSPS) is 11.0. The molecular weight excluding hydrogens is 328 g/mol. The first-order valence-corrected chi connectivity index (χ1v) is 7.18. The molecule has 8 heteroatoms. The lowest BCUT2D eigenvalue weighted by molar-refractivity contribution is -0.0493. The summed E-state index contributed by atoms with van der Waals surface area (Å²) in [4.78, 5) is 9.75. The number of aromatic hydroxyl groups is 2. The smallest absolute Gasteiger partial charge is 0.280 e. The van der Waals surface area contributed by atoms with Crippen LogP contribution >= 0.6 is 0 Å². The molecule has 25 heavy (non-hydrogen) atoms. The summed E-state index contributed by atoms with van der Waals surface area (Å²) in [6, 6.07) is 9.43. The van der Waals surface area contributed by atoms with E-state index in [2.05, 4.69) is 10.3 Å². The van der Waals surface area contributed by atoms with Crippen LogP contribution in [-0.2, 0) is 9.68 Å². The Hall–Kier alpha value is -3.42. The molecule has 2 rings (SSSR count). The Morgan fingerprint density at radius 2 is 1.24 bits per heavy atom. The number of hydrogen-bond acceptors (Lipinski definition) is 8. The highest BCUT2D eigenvalue weighted by atomic mass is 16.8. The van der Waals surface area contributed by atoms with Crippen molar-refractivity contribution in [1.82, 2.24) is 0 Å². The molecule has 132 valence electrons. The molecule has 0 aliphatic rings. The summed E-state index contributed by atoms with van der Waals surface area (Å²) in [5.74, 6) is 1.25. The largest absolute Gasteiger partial charge is 0.507 e. The molecule has 0 saturated carbocycles. The van der Waals surface area contributed by atoms with E-state index in [-0.39, 0.29) is 18.3 Å². The zero-order chi connectivity index (χ0) is 18.1. The minimum absolute atomic E-state index is 0.0422. The molecule has 8 nitrogen and oxygen atoms in total. The maximum atomic E-state index is 9.67.